The molecule has 1 aromatic rings. The zero-order valence-corrected chi connectivity index (χ0v) is 9.68. The molecule has 1 unspecified atom stereocenters. The highest BCUT2D eigenvalue weighted by Crippen LogP contribution is 2.27. The Morgan fingerprint density at radius 3 is 2.44 bits per heavy atom. The first kappa shape index (κ1) is 14.4. The number of nitrogens with zero attached hydrogens (tertiary/aromatic N) is 2. The normalized spacial score (nSPS) is 13.6. The third kappa shape index (κ3) is 4.33. The molecule has 1 atom stereocenters. The van der Waals surface area contributed by atoms with Crippen LogP contribution in [0.15, 0.2) is 24.5 Å². The van der Waals surface area contributed by atoms with Crippen molar-refractivity contribution in [3.05, 3.63) is 30.1 Å². The number of halogens is 3. The predicted octanol–water partition coefficient (Wildman–Crippen LogP) is 1.78. The van der Waals surface area contributed by atoms with E-state index < -0.39 is 24.6 Å². The fourth-order valence-electron chi connectivity index (χ4n) is 1.50. The van der Waals surface area contributed by atoms with Crippen LogP contribution in [0.2, 0.25) is 0 Å². The van der Waals surface area contributed by atoms with Crippen LogP contribution in [0.1, 0.15) is 5.56 Å². The summed E-state index contributed by atoms with van der Waals surface area (Å²) in [5, 5.41) is 8.57. The Bertz CT molecular complexity index is 395. The van der Waals surface area contributed by atoms with Gasteiger partial charge in [-0.05, 0) is 24.7 Å². The van der Waals surface area contributed by atoms with Crippen molar-refractivity contribution in [1.29, 1.82) is 0 Å². The van der Waals surface area contributed by atoms with Gasteiger partial charge in [0.15, 0.2) is 5.92 Å². The number of rotatable bonds is 5. The lowest BCUT2D eigenvalue weighted by Gasteiger charge is -2.23. The maximum absolute atomic E-state index is 12.5. The minimum Gasteiger partial charge on any atom is -0.481 e. The molecule has 1 N–H and O–H groups in total. The average Bonchev–Trinajstić information content (AvgIpc) is 2.25. The SMILES string of the molecule is CN(Cc1ccncc1)CC(C(=O)O)C(F)(F)F. The van der Waals surface area contributed by atoms with Crippen LogP contribution in [0.4, 0.5) is 13.2 Å². The zero-order valence-electron chi connectivity index (χ0n) is 9.68. The first-order valence-electron chi connectivity index (χ1n) is 5.17. The predicted molar refractivity (Wildman–Crippen MR) is 57.8 cm³/mol. The van der Waals surface area contributed by atoms with E-state index >= 15 is 0 Å². The third-order valence-electron chi connectivity index (χ3n) is 2.39. The number of carbonyl (C=O) groups is 1. The smallest absolute Gasteiger partial charge is 0.403 e. The monoisotopic (exact) mass is 262 g/mol. The molecule has 0 saturated carbocycles. The lowest BCUT2D eigenvalue weighted by atomic mass is 10.1. The van der Waals surface area contributed by atoms with Crippen molar-refractivity contribution in [3.63, 3.8) is 0 Å². The summed E-state index contributed by atoms with van der Waals surface area (Å²) in [4.78, 5) is 15.7. The molecule has 100 valence electrons. The second kappa shape index (κ2) is 5.81. The highest BCUT2D eigenvalue weighted by atomic mass is 19.4. The lowest BCUT2D eigenvalue weighted by Crippen LogP contribution is -2.39. The molecule has 1 aromatic heterocycles. The first-order chi connectivity index (χ1) is 8.30. The molecule has 0 saturated heterocycles. The van der Waals surface area contributed by atoms with Crippen molar-refractivity contribution in [2.75, 3.05) is 13.6 Å². The van der Waals surface area contributed by atoms with Crippen molar-refractivity contribution in [2.24, 2.45) is 5.92 Å². The number of carboxylic acids is 1. The van der Waals surface area contributed by atoms with E-state index in [1.807, 2.05) is 0 Å². The Morgan fingerprint density at radius 2 is 2.00 bits per heavy atom. The Balaban J connectivity index is 2.63. The average molecular weight is 262 g/mol. The molecule has 0 aromatic carbocycles. The van der Waals surface area contributed by atoms with Gasteiger partial charge in [0, 0.05) is 25.5 Å². The zero-order chi connectivity index (χ0) is 13.8. The standard InChI is InChI=1S/C11H13F3N2O2/c1-16(6-8-2-4-15-5-3-8)7-9(10(17)18)11(12,13)14/h2-5,9H,6-7H2,1H3,(H,17,18). The summed E-state index contributed by atoms with van der Waals surface area (Å²) in [6, 6.07) is 3.33. The molecule has 4 nitrogen and oxygen atoms in total. The molecule has 0 aliphatic carbocycles. The minimum atomic E-state index is -4.74. The van der Waals surface area contributed by atoms with E-state index in [9.17, 15) is 18.0 Å². The molecule has 18 heavy (non-hydrogen) atoms. The lowest BCUT2D eigenvalue weighted by molar-refractivity contribution is -0.196. The van der Waals surface area contributed by atoms with Crippen LogP contribution >= 0.6 is 0 Å². The number of hydrogen-bond acceptors (Lipinski definition) is 3. The van der Waals surface area contributed by atoms with Crippen LogP contribution in [-0.4, -0.2) is 40.7 Å². The molecule has 0 bridgehead atoms. The Hall–Kier alpha value is -1.63. The third-order valence-corrected chi connectivity index (χ3v) is 2.39. The van der Waals surface area contributed by atoms with Gasteiger partial charge in [-0.3, -0.25) is 9.78 Å². The highest BCUT2D eigenvalue weighted by molar-refractivity contribution is 5.71. The molecule has 0 aliphatic heterocycles. The molecular formula is C11H13F3N2O2. The Kier molecular flexibility index (Phi) is 4.66. The summed E-state index contributed by atoms with van der Waals surface area (Å²) in [6.07, 6.45) is -1.68. The number of aromatic nitrogens is 1. The molecule has 1 rings (SSSR count). The molecule has 0 spiro atoms. The van der Waals surface area contributed by atoms with Crippen LogP contribution in [0.3, 0.4) is 0 Å². The number of hydrogen-bond donors (Lipinski definition) is 1. The molecule has 0 aliphatic rings. The summed E-state index contributed by atoms with van der Waals surface area (Å²) in [5.41, 5.74) is 0.777. The molecule has 7 heteroatoms. The summed E-state index contributed by atoms with van der Waals surface area (Å²) in [6.45, 7) is -0.344. The van der Waals surface area contributed by atoms with Gasteiger partial charge in [-0.25, -0.2) is 0 Å². The van der Waals surface area contributed by atoms with Crippen molar-refractivity contribution in [1.82, 2.24) is 9.88 Å². The second-order valence-electron chi connectivity index (χ2n) is 3.98. The van der Waals surface area contributed by atoms with Gasteiger partial charge in [0.2, 0.25) is 0 Å². The van der Waals surface area contributed by atoms with Crippen molar-refractivity contribution in [2.45, 2.75) is 12.7 Å². The Morgan fingerprint density at radius 1 is 1.44 bits per heavy atom. The van der Waals surface area contributed by atoms with Gasteiger partial charge in [0.25, 0.3) is 0 Å². The first-order valence-corrected chi connectivity index (χ1v) is 5.17. The van der Waals surface area contributed by atoms with Crippen molar-refractivity contribution < 1.29 is 23.1 Å². The fraction of sp³-hybridized carbons (Fsp3) is 0.455. The molecule has 0 radical (unpaired) electrons. The topological polar surface area (TPSA) is 53.4 Å². The summed E-state index contributed by atoms with van der Waals surface area (Å²) in [7, 11) is 1.45. The second-order valence-corrected chi connectivity index (χ2v) is 3.98. The maximum Gasteiger partial charge on any atom is 0.403 e. The van der Waals surface area contributed by atoms with Gasteiger partial charge in [0.05, 0.1) is 0 Å². The van der Waals surface area contributed by atoms with Crippen LogP contribution < -0.4 is 0 Å². The van der Waals surface area contributed by atoms with E-state index in [-0.39, 0.29) is 6.54 Å². The summed E-state index contributed by atoms with van der Waals surface area (Å²) < 4.78 is 37.4. The van der Waals surface area contributed by atoms with E-state index in [1.54, 1.807) is 12.1 Å². The van der Waals surface area contributed by atoms with Crippen LogP contribution in [0, 0.1) is 5.92 Å². The quantitative estimate of drug-likeness (QED) is 0.878. The van der Waals surface area contributed by atoms with E-state index in [0.717, 1.165) is 5.56 Å². The number of pyridine rings is 1. The van der Waals surface area contributed by atoms with E-state index in [0.29, 0.717) is 0 Å². The van der Waals surface area contributed by atoms with Gasteiger partial charge in [-0.1, -0.05) is 0 Å². The van der Waals surface area contributed by atoms with Gasteiger partial charge in [0.1, 0.15) is 0 Å². The van der Waals surface area contributed by atoms with Gasteiger partial charge >= 0.3 is 12.1 Å². The molecule has 0 amide bonds. The largest absolute Gasteiger partial charge is 0.481 e. The number of alkyl halides is 3. The minimum absolute atomic E-state index is 0.238. The van der Waals surface area contributed by atoms with Gasteiger partial charge < -0.3 is 10.0 Å². The van der Waals surface area contributed by atoms with E-state index in [4.69, 9.17) is 5.11 Å². The van der Waals surface area contributed by atoms with Gasteiger partial charge in [-0.15, -0.1) is 0 Å². The van der Waals surface area contributed by atoms with E-state index in [1.165, 1.54) is 24.3 Å². The molecular weight excluding hydrogens is 249 g/mol. The van der Waals surface area contributed by atoms with Crippen molar-refractivity contribution in [3.8, 4) is 0 Å². The van der Waals surface area contributed by atoms with Crippen LogP contribution in [-0.2, 0) is 11.3 Å². The van der Waals surface area contributed by atoms with Crippen LogP contribution in [0.5, 0.6) is 0 Å². The number of carboxylic acid groups (broad SMARTS) is 1. The maximum atomic E-state index is 12.5. The highest BCUT2D eigenvalue weighted by Gasteiger charge is 2.45. The van der Waals surface area contributed by atoms with E-state index in [2.05, 4.69) is 4.98 Å². The fourth-order valence-corrected chi connectivity index (χ4v) is 1.50. The van der Waals surface area contributed by atoms with Crippen molar-refractivity contribution >= 4 is 5.97 Å². The van der Waals surface area contributed by atoms with Gasteiger partial charge in [-0.2, -0.15) is 13.2 Å². The summed E-state index contributed by atoms with van der Waals surface area (Å²) >= 11 is 0. The Labute approximate surface area is 102 Å². The molecule has 1 heterocycles. The molecule has 0 fully saturated rings. The summed E-state index contributed by atoms with van der Waals surface area (Å²) in [5.74, 6) is -4.23. The van der Waals surface area contributed by atoms with Crippen LogP contribution in [0.25, 0.3) is 0 Å². The number of aliphatic carboxylic acids is 1.